The third-order valence-corrected chi connectivity index (χ3v) is 13.0. The summed E-state index contributed by atoms with van der Waals surface area (Å²) in [6.07, 6.45) is 9.31. The zero-order valence-electron chi connectivity index (χ0n) is 16.0. The van der Waals surface area contributed by atoms with Crippen LogP contribution in [0.15, 0.2) is 78.9 Å². The molecule has 1 unspecified atom stereocenters. The third kappa shape index (κ3) is 3.57. The number of hydrogen-bond acceptors (Lipinski definition) is 2. The van der Waals surface area contributed by atoms with Crippen molar-refractivity contribution in [3.05, 3.63) is 78.9 Å². The van der Waals surface area contributed by atoms with Crippen molar-refractivity contribution in [2.24, 2.45) is 0 Å². The van der Waals surface area contributed by atoms with Gasteiger partial charge in [0.05, 0.1) is 8.07 Å². The van der Waals surface area contributed by atoms with E-state index < -0.39 is 16.0 Å². The van der Waals surface area contributed by atoms with Gasteiger partial charge in [-0.1, -0.05) is 92.5 Å². The first-order valence-corrected chi connectivity index (χ1v) is 13.8. The van der Waals surface area contributed by atoms with Gasteiger partial charge in [-0.2, -0.15) is 0 Å². The topological polar surface area (TPSA) is 18.5 Å². The highest BCUT2D eigenvalue weighted by Crippen LogP contribution is 2.57. The van der Waals surface area contributed by atoms with Gasteiger partial charge in [0, 0.05) is 17.2 Å². The Bertz CT molecular complexity index is 781. The van der Waals surface area contributed by atoms with E-state index in [0.717, 1.165) is 5.75 Å². The van der Waals surface area contributed by atoms with Crippen LogP contribution >= 0.6 is 7.92 Å². The summed E-state index contributed by atoms with van der Waals surface area (Å²) in [4.78, 5) is 0. The van der Waals surface area contributed by atoms with E-state index in [4.69, 9.17) is 9.47 Å². The molecule has 2 aromatic carbocycles. The van der Waals surface area contributed by atoms with Crippen LogP contribution in [-0.4, -0.2) is 26.8 Å². The largest absolute Gasteiger partial charge is 0.467 e. The minimum absolute atomic E-state index is 0.0657. The van der Waals surface area contributed by atoms with E-state index in [-0.39, 0.29) is 11.6 Å². The van der Waals surface area contributed by atoms with Crippen molar-refractivity contribution < 1.29 is 9.47 Å². The first-order valence-electron chi connectivity index (χ1n) is 8.93. The average molecular weight is 383 g/mol. The van der Waals surface area contributed by atoms with Crippen LogP contribution in [0.5, 0.6) is 5.75 Å². The Labute approximate surface area is 159 Å². The van der Waals surface area contributed by atoms with Crippen molar-refractivity contribution >= 4 is 26.6 Å². The quantitative estimate of drug-likeness (QED) is 0.387. The molecule has 136 valence electrons. The van der Waals surface area contributed by atoms with Gasteiger partial charge in [-0.05, 0) is 19.3 Å². The number of methoxy groups -OCH3 is 1. The molecular weight excluding hydrogens is 355 g/mol. The first kappa shape index (κ1) is 19.1. The molecule has 0 saturated carbocycles. The Hall–Kier alpha value is -1.67. The number of ether oxygens (including phenoxy) is 2. The van der Waals surface area contributed by atoms with E-state index in [0.29, 0.717) is 0 Å². The predicted octanol–water partition coefficient (Wildman–Crippen LogP) is 4.84. The highest BCUT2D eigenvalue weighted by Gasteiger charge is 2.48. The number of benzene rings is 2. The highest BCUT2D eigenvalue weighted by atomic mass is 31.1. The molecule has 0 amide bonds. The molecule has 4 heteroatoms. The van der Waals surface area contributed by atoms with Gasteiger partial charge in [-0.15, -0.1) is 0 Å². The standard InChI is InChI=1S/C22H27O2PSi/c1-23-18-24-20-14-8-9-15-21(20)25(19-12-6-5-7-13-19)22(26(2,3)4)16-10-11-17-22/h5-17H,18H2,1-4H3. The van der Waals surface area contributed by atoms with Crippen LogP contribution in [0.4, 0.5) is 0 Å². The third-order valence-electron chi connectivity index (χ3n) is 4.84. The molecule has 2 nitrogen and oxygen atoms in total. The molecule has 0 heterocycles. The lowest BCUT2D eigenvalue weighted by Crippen LogP contribution is -2.50. The second-order valence-electron chi connectivity index (χ2n) is 7.48. The van der Waals surface area contributed by atoms with Crippen LogP contribution in [0.2, 0.25) is 19.6 Å². The Balaban J connectivity index is 2.21. The van der Waals surface area contributed by atoms with Crippen LogP contribution < -0.4 is 15.3 Å². The van der Waals surface area contributed by atoms with Crippen molar-refractivity contribution in [2.75, 3.05) is 13.9 Å². The lowest BCUT2D eigenvalue weighted by atomic mass is 10.3. The lowest BCUT2D eigenvalue weighted by molar-refractivity contribution is 0.0519. The van der Waals surface area contributed by atoms with E-state index in [1.165, 1.54) is 10.6 Å². The first-order chi connectivity index (χ1) is 12.5. The maximum Gasteiger partial charge on any atom is 0.188 e. The molecule has 0 radical (unpaired) electrons. The van der Waals surface area contributed by atoms with Crippen molar-refractivity contribution in [3.63, 3.8) is 0 Å². The van der Waals surface area contributed by atoms with Crippen LogP contribution in [0.25, 0.3) is 0 Å². The molecular formula is C22H27O2PSi. The smallest absolute Gasteiger partial charge is 0.188 e. The Morgan fingerprint density at radius 3 is 2.12 bits per heavy atom. The second-order valence-corrected chi connectivity index (χ2v) is 15.6. The maximum atomic E-state index is 5.97. The monoisotopic (exact) mass is 382 g/mol. The molecule has 0 aliphatic heterocycles. The minimum atomic E-state index is -1.59. The SMILES string of the molecule is COCOc1ccccc1P(c1ccccc1)C1([Si](C)(C)C)C=CC=C1. The van der Waals surface area contributed by atoms with Crippen LogP contribution in [0.3, 0.4) is 0 Å². The zero-order chi connectivity index (χ0) is 18.6. The van der Waals surface area contributed by atoms with Gasteiger partial charge in [-0.25, -0.2) is 0 Å². The van der Waals surface area contributed by atoms with Crippen molar-refractivity contribution in [1.82, 2.24) is 0 Å². The van der Waals surface area contributed by atoms with Crippen molar-refractivity contribution in [2.45, 2.75) is 24.4 Å². The Morgan fingerprint density at radius 1 is 0.885 bits per heavy atom. The molecule has 0 N–H and O–H groups in total. The summed E-state index contributed by atoms with van der Waals surface area (Å²) < 4.78 is 11.2. The highest BCUT2D eigenvalue weighted by molar-refractivity contribution is 7.77. The summed E-state index contributed by atoms with van der Waals surface area (Å²) >= 11 is 0. The summed E-state index contributed by atoms with van der Waals surface area (Å²) in [6.45, 7) is 7.65. The molecule has 0 aromatic heterocycles. The molecule has 26 heavy (non-hydrogen) atoms. The Kier molecular flexibility index (Phi) is 5.81. The summed E-state index contributed by atoms with van der Waals surface area (Å²) in [5, 5.41) is 2.67. The van der Waals surface area contributed by atoms with Crippen LogP contribution in [-0.2, 0) is 4.74 Å². The van der Waals surface area contributed by atoms with Gasteiger partial charge < -0.3 is 9.47 Å². The minimum Gasteiger partial charge on any atom is -0.467 e. The number of rotatable bonds is 7. The fourth-order valence-corrected chi connectivity index (χ4v) is 10.7. The van der Waals surface area contributed by atoms with E-state index in [1.54, 1.807) is 7.11 Å². The van der Waals surface area contributed by atoms with E-state index >= 15 is 0 Å². The molecule has 1 aliphatic carbocycles. The molecule has 0 spiro atoms. The maximum absolute atomic E-state index is 5.97. The normalized spacial score (nSPS) is 16.6. The molecule has 3 rings (SSSR count). The van der Waals surface area contributed by atoms with E-state index in [1.807, 2.05) is 6.07 Å². The molecule has 0 bridgehead atoms. The van der Waals surface area contributed by atoms with Gasteiger partial charge in [0.25, 0.3) is 0 Å². The summed E-state index contributed by atoms with van der Waals surface area (Å²) in [5.41, 5.74) is 0. The summed E-state index contributed by atoms with van der Waals surface area (Å²) in [6, 6.07) is 19.3. The second kappa shape index (κ2) is 7.92. The Morgan fingerprint density at radius 2 is 1.50 bits per heavy atom. The summed E-state index contributed by atoms with van der Waals surface area (Å²) in [5.74, 6) is 0.927. The number of para-hydroxylation sites is 1. The zero-order valence-corrected chi connectivity index (χ0v) is 17.9. The average Bonchev–Trinajstić information content (AvgIpc) is 3.13. The van der Waals surface area contributed by atoms with Gasteiger partial charge in [0.15, 0.2) is 6.79 Å². The molecule has 1 aliphatic rings. The molecule has 2 aromatic rings. The number of hydrogen-bond donors (Lipinski definition) is 0. The lowest BCUT2D eigenvalue weighted by Gasteiger charge is -2.45. The fourth-order valence-electron chi connectivity index (χ4n) is 3.46. The van der Waals surface area contributed by atoms with Gasteiger partial charge in [0.2, 0.25) is 0 Å². The van der Waals surface area contributed by atoms with Crippen molar-refractivity contribution in [3.8, 4) is 5.75 Å². The molecule has 1 atom stereocenters. The predicted molar refractivity (Wildman–Crippen MR) is 116 cm³/mol. The number of allylic oxidation sites excluding steroid dienone is 4. The van der Waals surface area contributed by atoms with E-state index in [9.17, 15) is 0 Å². The van der Waals surface area contributed by atoms with E-state index in [2.05, 4.69) is 92.5 Å². The summed E-state index contributed by atoms with van der Waals surface area (Å²) in [7, 11) is -0.582. The molecule has 0 saturated heterocycles. The van der Waals surface area contributed by atoms with Crippen LogP contribution in [0, 0.1) is 0 Å². The van der Waals surface area contributed by atoms with Crippen molar-refractivity contribution in [1.29, 1.82) is 0 Å². The fraction of sp³-hybridized carbons (Fsp3) is 0.273. The van der Waals surface area contributed by atoms with Gasteiger partial charge >= 0.3 is 0 Å². The van der Waals surface area contributed by atoms with Gasteiger partial charge in [0.1, 0.15) is 5.75 Å². The van der Waals surface area contributed by atoms with Gasteiger partial charge in [-0.3, -0.25) is 0 Å². The molecule has 0 fully saturated rings. The van der Waals surface area contributed by atoms with Crippen LogP contribution in [0.1, 0.15) is 0 Å².